The first-order valence-corrected chi connectivity index (χ1v) is 7.80. The van der Waals surface area contributed by atoms with Gasteiger partial charge in [0.1, 0.15) is 11.6 Å². The Balaban J connectivity index is 1.58. The van der Waals surface area contributed by atoms with Gasteiger partial charge in [-0.1, -0.05) is 0 Å². The van der Waals surface area contributed by atoms with Crippen LogP contribution in [0.15, 0.2) is 18.2 Å². The molecule has 0 bridgehead atoms. The molecule has 2 fully saturated rings. The first-order chi connectivity index (χ1) is 10.6. The SMILES string of the molecule is O=C(Cc1cc(F)ccc1F)N1CCC(N2CCNCC2)C1. The summed E-state index contributed by atoms with van der Waals surface area (Å²) < 4.78 is 26.8. The third-order valence-corrected chi connectivity index (χ3v) is 4.53. The highest BCUT2D eigenvalue weighted by Gasteiger charge is 2.31. The maximum atomic E-state index is 13.6. The van der Waals surface area contributed by atoms with Gasteiger partial charge in [-0.3, -0.25) is 9.69 Å². The highest BCUT2D eigenvalue weighted by molar-refractivity contribution is 5.79. The van der Waals surface area contributed by atoms with Gasteiger partial charge < -0.3 is 10.2 Å². The number of nitrogens with one attached hydrogen (secondary N) is 1. The number of hydrogen-bond donors (Lipinski definition) is 1. The van der Waals surface area contributed by atoms with E-state index in [1.807, 2.05) is 0 Å². The van der Waals surface area contributed by atoms with Crippen molar-refractivity contribution in [2.75, 3.05) is 39.3 Å². The van der Waals surface area contributed by atoms with Gasteiger partial charge in [0, 0.05) is 50.9 Å². The summed E-state index contributed by atoms with van der Waals surface area (Å²) in [6.45, 7) is 5.37. The molecule has 0 saturated carbocycles. The minimum atomic E-state index is -0.521. The zero-order valence-corrected chi connectivity index (χ0v) is 12.5. The van der Waals surface area contributed by atoms with Gasteiger partial charge in [0.25, 0.3) is 0 Å². The largest absolute Gasteiger partial charge is 0.341 e. The van der Waals surface area contributed by atoms with Crippen molar-refractivity contribution in [1.29, 1.82) is 0 Å². The monoisotopic (exact) mass is 309 g/mol. The maximum absolute atomic E-state index is 13.6. The molecule has 0 spiro atoms. The normalized spacial score (nSPS) is 23.0. The molecule has 6 heteroatoms. The van der Waals surface area contributed by atoms with E-state index in [4.69, 9.17) is 0 Å². The van der Waals surface area contributed by atoms with Crippen molar-refractivity contribution in [2.45, 2.75) is 18.9 Å². The molecule has 22 heavy (non-hydrogen) atoms. The van der Waals surface area contributed by atoms with Gasteiger partial charge in [-0.2, -0.15) is 0 Å². The van der Waals surface area contributed by atoms with Crippen LogP contribution < -0.4 is 5.32 Å². The molecule has 2 aliphatic rings. The number of rotatable bonds is 3. The first kappa shape index (κ1) is 15.4. The average molecular weight is 309 g/mol. The zero-order valence-electron chi connectivity index (χ0n) is 12.5. The lowest BCUT2D eigenvalue weighted by atomic mass is 10.1. The zero-order chi connectivity index (χ0) is 15.5. The maximum Gasteiger partial charge on any atom is 0.227 e. The molecule has 1 amide bonds. The van der Waals surface area contributed by atoms with E-state index < -0.39 is 11.6 Å². The van der Waals surface area contributed by atoms with Crippen LogP contribution in [0.5, 0.6) is 0 Å². The van der Waals surface area contributed by atoms with Gasteiger partial charge >= 0.3 is 0 Å². The second-order valence-corrected chi connectivity index (χ2v) is 5.98. The molecule has 1 aromatic carbocycles. The summed E-state index contributed by atoms with van der Waals surface area (Å²) in [7, 11) is 0. The van der Waals surface area contributed by atoms with E-state index in [0.717, 1.165) is 50.8 Å². The highest BCUT2D eigenvalue weighted by Crippen LogP contribution is 2.18. The summed E-state index contributed by atoms with van der Waals surface area (Å²) >= 11 is 0. The number of amides is 1. The van der Waals surface area contributed by atoms with Crippen LogP contribution in [0.1, 0.15) is 12.0 Å². The van der Waals surface area contributed by atoms with Crippen molar-refractivity contribution in [2.24, 2.45) is 0 Å². The number of carbonyl (C=O) groups is 1. The lowest BCUT2D eigenvalue weighted by Gasteiger charge is -2.32. The van der Waals surface area contributed by atoms with E-state index in [9.17, 15) is 13.6 Å². The predicted molar refractivity (Wildman–Crippen MR) is 79.5 cm³/mol. The van der Waals surface area contributed by atoms with E-state index >= 15 is 0 Å². The van der Waals surface area contributed by atoms with E-state index in [-0.39, 0.29) is 17.9 Å². The van der Waals surface area contributed by atoms with Gasteiger partial charge in [-0.15, -0.1) is 0 Å². The highest BCUT2D eigenvalue weighted by atomic mass is 19.1. The second kappa shape index (κ2) is 6.71. The second-order valence-electron chi connectivity index (χ2n) is 5.98. The number of halogens is 2. The quantitative estimate of drug-likeness (QED) is 0.905. The van der Waals surface area contributed by atoms with Gasteiger partial charge in [-0.05, 0) is 24.6 Å². The molecule has 2 heterocycles. The van der Waals surface area contributed by atoms with Crippen LogP contribution in [0.2, 0.25) is 0 Å². The minimum absolute atomic E-state index is 0.0716. The first-order valence-electron chi connectivity index (χ1n) is 7.80. The Morgan fingerprint density at radius 2 is 2.00 bits per heavy atom. The summed E-state index contributed by atoms with van der Waals surface area (Å²) in [5, 5.41) is 3.32. The number of benzene rings is 1. The van der Waals surface area contributed by atoms with E-state index in [0.29, 0.717) is 19.1 Å². The van der Waals surface area contributed by atoms with Crippen LogP contribution in [0.3, 0.4) is 0 Å². The third-order valence-electron chi connectivity index (χ3n) is 4.53. The minimum Gasteiger partial charge on any atom is -0.341 e. The Morgan fingerprint density at radius 1 is 1.23 bits per heavy atom. The Bertz CT molecular complexity index is 546. The third kappa shape index (κ3) is 3.44. The van der Waals surface area contributed by atoms with Gasteiger partial charge in [-0.25, -0.2) is 8.78 Å². The topological polar surface area (TPSA) is 35.6 Å². The summed E-state index contributed by atoms with van der Waals surface area (Å²) in [4.78, 5) is 16.5. The van der Waals surface area contributed by atoms with Crippen molar-refractivity contribution >= 4 is 5.91 Å². The van der Waals surface area contributed by atoms with Crippen molar-refractivity contribution < 1.29 is 13.6 Å². The summed E-state index contributed by atoms with van der Waals surface area (Å²) in [6, 6.07) is 3.64. The smallest absolute Gasteiger partial charge is 0.227 e. The Labute approximate surface area is 129 Å². The van der Waals surface area contributed by atoms with Gasteiger partial charge in [0.05, 0.1) is 6.42 Å². The fourth-order valence-electron chi connectivity index (χ4n) is 3.27. The Morgan fingerprint density at radius 3 is 2.77 bits per heavy atom. The molecule has 0 aliphatic carbocycles. The molecule has 1 aromatic rings. The lowest BCUT2D eigenvalue weighted by Crippen LogP contribution is -2.49. The van der Waals surface area contributed by atoms with Crippen LogP contribution in [0.4, 0.5) is 8.78 Å². The Kier molecular flexibility index (Phi) is 4.69. The average Bonchev–Trinajstić information content (AvgIpc) is 3.02. The number of likely N-dealkylation sites (tertiary alicyclic amines) is 1. The van der Waals surface area contributed by atoms with Crippen LogP contribution in [-0.2, 0) is 11.2 Å². The number of hydrogen-bond acceptors (Lipinski definition) is 3. The molecule has 4 nitrogen and oxygen atoms in total. The van der Waals surface area contributed by atoms with E-state index in [1.165, 1.54) is 0 Å². The molecule has 0 radical (unpaired) electrons. The number of piperazine rings is 1. The predicted octanol–water partition coefficient (Wildman–Crippen LogP) is 1.01. The fraction of sp³-hybridized carbons (Fsp3) is 0.562. The molecule has 2 aliphatic heterocycles. The molecule has 120 valence electrons. The molecule has 1 N–H and O–H groups in total. The van der Waals surface area contributed by atoms with Crippen LogP contribution >= 0.6 is 0 Å². The fourth-order valence-corrected chi connectivity index (χ4v) is 3.27. The van der Waals surface area contributed by atoms with Gasteiger partial charge in [0.2, 0.25) is 5.91 Å². The van der Waals surface area contributed by atoms with Crippen LogP contribution in [-0.4, -0.2) is 61.0 Å². The van der Waals surface area contributed by atoms with Crippen molar-refractivity contribution in [3.8, 4) is 0 Å². The van der Waals surface area contributed by atoms with Crippen LogP contribution in [0, 0.1) is 11.6 Å². The standard InChI is InChI=1S/C16H21F2N3O/c17-13-1-2-15(18)12(9-13)10-16(22)21-6-3-14(11-21)20-7-4-19-5-8-20/h1-2,9,14,19H,3-8,10-11H2. The van der Waals surface area contributed by atoms with Crippen molar-refractivity contribution in [3.63, 3.8) is 0 Å². The molecular formula is C16H21F2N3O. The summed E-state index contributed by atoms with van der Waals surface area (Å²) in [5.74, 6) is -1.15. The van der Waals surface area contributed by atoms with Gasteiger partial charge in [0.15, 0.2) is 0 Å². The summed E-state index contributed by atoms with van der Waals surface area (Å²) in [5.41, 5.74) is 0.135. The number of carbonyl (C=O) groups excluding carboxylic acids is 1. The molecule has 3 rings (SSSR count). The molecule has 1 unspecified atom stereocenters. The molecule has 0 aromatic heterocycles. The van der Waals surface area contributed by atoms with Crippen molar-refractivity contribution in [3.05, 3.63) is 35.4 Å². The van der Waals surface area contributed by atoms with E-state index in [2.05, 4.69) is 10.2 Å². The lowest BCUT2D eigenvalue weighted by molar-refractivity contribution is -0.129. The van der Waals surface area contributed by atoms with Crippen LogP contribution in [0.25, 0.3) is 0 Å². The molecule has 1 atom stereocenters. The van der Waals surface area contributed by atoms with E-state index in [1.54, 1.807) is 4.90 Å². The molecule has 2 saturated heterocycles. The summed E-state index contributed by atoms with van der Waals surface area (Å²) in [6.07, 6.45) is 0.884. The number of nitrogens with zero attached hydrogens (tertiary/aromatic N) is 2. The Hall–Kier alpha value is -1.53. The molecular weight excluding hydrogens is 288 g/mol. The van der Waals surface area contributed by atoms with Crippen molar-refractivity contribution in [1.82, 2.24) is 15.1 Å².